The second-order valence-electron chi connectivity index (χ2n) is 4.25. The average Bonchev–Trinajstić information content (AvgIpc) is 2.92. The molecule has 0 atom stereocenters. The van der Waals surface area contributed by atoms with Crippen molar-refractivity contribution in [1.29, 1.82) is 0 Å². The highest BCUT2D eigenvalue weighted by Gasteiger charge is 2.12. The van der Waals surface area contributed by atoms with Crippen LogP contribution in [0.5, 0.6) is 11.5 Å². The molecule has 6 nitrogen and oxygen atoms in total. The number of nitrogens with zero attached hydrogens (tertiary/aromatic N) is 2. The van der Waals surface area contributed by atoms with Gasteiger partial charge in [0.15, 0.2) is 0 Å². The number of benzene rings is 2. The molecule has 0 aliphatic rings. The van der Waals surface area contributed by atoms with Crippen molar-refractivity contribution in [2.75, 3.05) is 5.73 Å². The predicted molar refractivity (Wildman–Crippen MR) is 72.9 cm³/mol. The zero-order valence-corrected chi connectivity index (χ0v) is 10.3. The second-order valence-corrected chi connectivity index (χ2v) is 4.25. The summed E-state index contributed by atoms with van der Waals surface area (Å²) < 4.78 is 5.16. The number of aromatic nitrogens is 2. The van der Waals surface area contributed by atoms with Crippen LogP contribution in [0, 0.1) is 0 Å². The first-order chi connectivity index (χ1) is 9.63. The van der Waals surface area contributed by atoms with Crippen LogP contribution in [0.1, 0.15) is 0 Å². The van der Waals surface area contributed by atoms with Crippen molar-refractivity contribution in [3.63, 3.8) is 0 Å². The molecule has 3 aromatic rings. The summed E-state index contributed by atoms with van der Waals surface area (Å²) in [5, 5.41) is 22.7. The Balaban J connectivity index is 1.99. The molecule has 0 aliphatic heterocycles. The van der Waals surface area contributed by atoms with Gasteiger partial charge in [-0.05, 0) is 30.3 Å². The molecule has 0 saturated heterocycles. The van der Waals surface area contributed by atoms with E-state index in [1.54, 1.807) is 36.4 Å². The molecule has 0 radical (unpaired) electrons. The van der Waals surface area contributed by atoms with Gasteiger partial charge in [0.2, 0.25) is 5.82 Å². The van der Waals surface area contributed by atoms with Crippen LogP contribution >= 0.6 is 0 Å². The van der Waals surface area contributed by atoms with E-state index >= 15 is 0 Å². The number of nitrogen functional groups attached to an aromatic ring is 1. The van der Waals surface area contributed by atoms with E-state index in [1.165, 1.54) is 6.07 Å². The highest BCUT2D eigenvalue weighted by Crippen LogP contribution is 2.28. The predicted octanol–water partition coefficient (Wildman–Crippen LogP) is 2.40. The Kier molecular flexibility index (Phi) is 2.76. The van der Waals surface area contributed by atoms with Gasteiger partial charge in [-0.2, -0.15) is 4.98 Å². The maximum Gasteiger partial charge on any atom is 0.258 e. The van der Waals surface area contributed by atoms with Crippen LogP contribution < -0.4 is 5.73 Å². The standard InChI is InChI=1S/C14H11N3O3/c15-11-7-9(4-5-12(11)19)14-16-13(17-20-14)8-2-1-3-10(18)6-8/h1-7,18-19H,15H2. The number of nitrogens with two attached hydrogens (primary N) is 1. The van der Waals surface area contributed by atoms with Crippen molar-refractivity contribution < 1.29 is 14.7 Å². The Hall–Kier alpha value is -3.02. The Morgan fingerprint density at radius 2 is 1.85 bits per heavy atom. The summed E-state index contributed by atoms with van der Waals surface area (Å²) in [5.74, 6) is 0.779. The van der Waals surface area contributed by atoms with Crippen LogP contribution in [-0.2, 0) is 0 Å². The van der Waals surface area contributed by atoms with Crippen molar-refractivity contribution in [2.45, 2.75) is 0 Å². The second kappa shape index (κ2) is 4.58. The molecule has 100 valence electrons. The molecule has 0 spiro atoms. The van der Waals surface area contributed by atoms with Gasteiger partial charge in [0.05, 0.1) is 5.69 Å². The third-order valence-electron chi connectivity index (χ3n) is 2.80. The van der Waals surface area contributed by atoms with Crippen molar-refractivity contribution >= 4 is 5.69 Å². The molecule has 20 heavy (non-hydrogen) atoms. The van der Waals surface area contributed by atoms with Crippen LogP contribution in [0.2, 0.25) is 0 Å². The lowest BCUT2D eigenvalue weighted by atomic mass is 10.2. The molecule has 0 saturated carbocycles. The van der Waals surface area contributed by atoms with Crippen molar-refractivity contribution in [2.24, 2.45) is 0 Å². The maximum atomic E-state index is 9.43. The Labute approximate surface area is 114 Å². The molecular weight excluding hydrogens is 258 g/mol. The lowest BCUT2D eigenvalue weighted by Crippen LogP contribution is -1.87. The van der Waals surface area contributed by atoms with E-state index in [0.717, 1.165) is 0 Å². The van der Waals surface area contributed by atoms with Crippen molar-refractivity contribution in [1.82, 2.24) is 10.1 Å². The topological polar surface area (TPSA) is 105 Å². The zero-order valence-electron chi connectivity index (χ0n) is 10.3. The molecule has 0 fully saturated rings. The summed E-state index contributed by atoms with van der Waals surface area (Å²) in [6.45, 7) is 0. The first-order valence-electron chi connectivity index (χ1n) is 5.85. The van der Waals surface area contributed by atoms with Crippen molar-refractivity contribution in [3.8, 4) is 34.3 Å². The van der Waals surface area contributed by atoms with Crippen LogP contribution in [0.4, 0.5) is 5.69 Å². The van der Waals surface area contributed by atoms with Gasteiger partial charge >= 0.3 is 0 Å². The van der Waals surface area contributed by atoms with E-state index < -0.39 is 0 Å². The van der Waals surface area contributed by atoms with Crippen LogP contribution in [0.25, 0.3) is 22.8 Å². The minimum absolute atomic E-state index is 0.00136. The van der Waals surface area contributed by atoms with Gasteiger partial charge in [-0.1, -0.05) is 17.3 Å². The molecule has 4 N–H and O–H groups in total. The third-order valence-corrected chi connectivity index (χ3v) is 2.80. The van der Waals surface area contributed by atoms with Crippen LogP contribution in [-0.4, -0.2) is 20.4 Å². The van der Waals surface area contributed by atoms with E-state index in [4.69, 9.17) is 10.3 Å². The summed E-state index contributed by atoms with van der Waals surface area (Å²) in [7, 11) is 0. The SMILES string of the molecule is Nc1cc(-c2nc(-c3cccc(O)c3)no2)ccc1O. The largest absolute Gasteiger partial charge is 0.508 e. The normalized spacial score (nSPS) is 10.6. The molecule has 2 aromatic carbocycles. The van der Waals surface area contributed by atoms with E-state index in [0.29, 0.717) is 17.0 Å². The summed E-state index contributed by atoms with van der Waals surface area (Å²) in [6, 6.07) is 11.2. The highest BCUT2D eigenvalue weighted by atomic mass is 16.5. The average molecular weight is 269 g/mol. The lowest BCUT2D eigenvalue weighted by molar-refractivity contribution is 0.432. The number of phenolic OH excluding ortho intramolecular Hbond substituents is 2. The number of anilines is 1. The molecule has 6 heteroatoms. The number of hydrogen-bond donors (Lipinski definition) is 3. The smallest absolute Gasteiger partial charge is 0.258 e. The quantitative estimate of drug-likeness (QED) is 0.487. The Bertz CT molecular complexity index is 768. The van der Waals surface area contributed by atoms with Crippen LogP contribution in [0.3, 0.4) is 0 Å². The van der Waals surface area contributed by atoms with Gasteiger partial charge in [-0.15, -0.1) is 0 Å². The molecule has 0 bridgehead atoms. The molecule has 0 aliphatic carbocycles. The molecule has 1 aromatic heterocycles. The molecule has 1 heterocycles. The molecule has 0 unspecified atom stereocenters. The minimum Gasteiger partial charge on any atom is -0.508 e. The summed E-state index contributed by atoms with van der Waals surface area (Å²) in [6.07, 6.45) is 0. The van der Waals surface area contributed by atoms with Crippen molar-refractivity contribution in [3.05, 3.63) is 42.5 Å². The van der Waals surface area contributed by atoms with Gasteiger partial charge in [0, 0.05) is 11.1 Å². The Morgan fingerprint density at radius 3 is 2.60 bits per heavy atom. The van der Waals surface area contributed by atoms with Gasteiger partial charge in [-0.3, -0.25) is 0 Å². The third kappa shape index (κ3) is 2.14. The number of phenols is 2. The summed E-state index contributed by atoms with van der Waals surface area (Å²) in [4.78, 5) is 4.24. The van der Waals surface area contributed by atoms with E-state index in [9.17, 15) is 10.2 Å². The van der Waals surface area contributed by atoms with Crippen LogP contribution in [0.15, 0.2) is 47.0 Å². The fourth-order valence-electron chi connectivity index (χ4n) is 1.79. The summed E-state index contributed by atoms with van der Waals surface area (Å²) >= 11 is 0. The molecular formula is C14H11N3O3. The fourth-order valence-corrected chi connectivity index (χ4v) is 1.79. The minimum atomic E-state index is 0.00136. The number of aromatic hydroxyl groups is 2. The van der Waals surface area contributed by atoms with Gasteiger partial charge in [0.25, 0.3) is 5.89 Å². The first kappa shape index (κ1) is 12.0. The zero-order chi connectivity index (χ0) is 14.1. The first-order valence-corrected chi connectivity index (χ1v) is 5.85. The monoisotopic (exact) mass is 269 g/mol. The number of rotatable bonds is 2. The molecule has 0 amide bonds. The maximum absolute atomic E-state index is 9.43. The van der Waals surface area contributed by atoms with E-state index in [-0.39, 0.29) is 23.1 Å². The number of hydrogen-bond acceptors (Lipinski definition) is 6. The van der Waals surface area contributed by atoms with E-state index in [2.05, 4.69) is 10.1 Å². The molecule has 3 rings (SSSR count). The Morgan fingerprint density at radius 1 is 1.00 bits per heavy atom. The van der Waals surface area contributed by atoms with E-state index in [1.807, 2.05) is 0 Å². The highest BCUT2D eigenvalue weighted by molar-refractivity contribution is 5.66. The van der Waals surface area contributed by atoms with Gasteiger partial charge < -0.3 is 20.5 Å². The van der Waals surface area contributed by atoms with Gasteiger partial charge in [-0.25, -0.2) is 0 Å². The van der Waals surface area contributed by atoms with Gasteiger partial charge in [0.1, 0.15) is 11.5 Å². The lowest BCUT2D eigenvalue weighted by Gasteiger charge is -1.99. The fraction of sp³-hybridized carbons (Fsp3) is 0. The summed E-state index contributed by atoms with van der Waals surface area (Å²) in [5.41, 5.74) is 7.11.